The molecule has 0 aliphatic carbocycles. The second-order valence-electron chi connectivity index (χ2n) is 5.65. The number of allylic oxidation sites excluding steroid dienone is 1. The predicted molar refractivity (Wildman–Crippen MR) is 99.4 cm³/mol. The predicted octanol–water partition coefficient (Wildman–Crippen LogP) is 5.36. The monoisotopic (exact) mass is 339 g/mol. The first-order valence-corrected chi connectivity index (χ1v) is 8.72. The van der Waals surface area contributed by atoms with Gasteiger partial charge in [-0.15, -0.1) is 0 Å². The molecule has 3 aromatic carbocycles. The summed E-state index contributed by atoms with van der Waals surface area (Å²) >= 11 is 1.67. The number of fused-ring (bicyclic) bond motifs is 2. The van der Waals surface area contributed by atoms with E-state index >= 15 is 0 Å². The maximum Gasteiger partial charge on any atom is 0.204 e. The number of carbonyl (C=O) groups is 1. The van der Waals surface area contributed by atoms with E-state index in [9.17, 15) is 10.1 Å². The lowest BCUT2D eigenvalue weighted by atomic mass is 9.89. The molecule has 0 radical (unpaired) electrons. The molecule has 0 saturated carbocycles. The summed E-state index contributed by atoms with van der Waals surface area (Å²) < 4.78 is 0. The number of hydrogen-bond acceptors (Lipinski definition) is 3. The number of Topliss-reactive ketones (excluding diaryl/α,β-unsaturated/α-hetero) is 1. The van der Waals surface area contributed by atoms with Crippen molar-refractivity contribution in [3.63, 3.8) is 0 Å². The summed E-state index contributed by atoms with van der Waals surface area (Å²) in [6.45, 7) is 0. The van der Waals surface area contributed by atoms with E-state index in [0.717, 1.165) is 26.5 Å². The van der Waals surface area contributed by atoms with Gasteiger partial charge >= 0.3 is 0 Å². The number of nitriles is 1. The summed E-state index contributed by atoms with van der Waals surface area (Å²) in [6, 6.07) is 27.0. The molecule has 0 saturated heterocycles. The zero-order valence-corrected chi connectivity index (χ0v) is 14.1. The Morgan fingerprint density at radius 3 is 1.84 bits per heavy atom. The zero-order chi connectivity index (χ0) is 17.2. The van der Waals surface area contributed by atoms with E-state index in [1.165, 1.54) is 0 Å². The number of hydrogen-bond donors (Lipinski definition) is 0. The highest BCUT2D eigenvalue weighted by atomic mass is 32.2. The average Bonchev–Trinajstić information content (AvgIpc) is 2.68. The van der Waals surface area contributed by atoms with Crippen LogP contribution in [0.25, 0.3) is 5.57 Å². The minimum absolute atomic E-state index is 0.186. The van der Waals surface area contributed by atoms with Crippen molar-refractivity contribution >= 4 is 23.1 Å². The summed E-state index contributed by atoms with van der Waals surface area (Å²) in [5.41, 5.74) is 3.31. The molecule has 3 heteroatoms. The lowest BCUT2D eigenvalue weighted by Gasteiger charge is -2.22. The van der Waals surface area contributed by atoms with Crippen molar-refractivity contribution in [2.24, 2.45) is 0 Å². The third-order valence-electron chi connectivity index (χ3n) is 4.16. The van der Waals surface area contributed by atoms with Crippen LogP contribution in [0.15, 0.2) is 94.2 Å². The van der Waals surface area contributed by atoms with E-state index < -0.39 is 0 Å². The number of ketones is 1. The summed E-state index contributed by atoms with van der Waals surface area (Å²) in [5.74, 6) is -0.241. The molecule has 0 unspecified atom stereocenters. The Kier molecular flexibility index (Phi) is 3.97. The van der Waals surface area contributed by atoms with Crippen LogP contribution >= 0.6 is 11.8 Å². The Morgan fingerprint density at radius 1 is 0.760 bits per heavy atom. The van der Waals surface area contributed by atoms with Crippen LogP contribution in [-0.4, -0.2) is 5.78 Å². The maximum absolute atomic E-state index is 13.0. The second kappa shape index (κ2) is 6.43. The first-order chi connectivity index (χ1) is 12.3. The fourth-order valence-corrected chi connectivity index (χ4v) is 4.10. The molecule has 1 heterocycles. The van der Waals surface area contributed by atoms with Crippen molar-refractivity contribution in [1.29, 1.82) is 5.26 Å². The Bertz CT molecular complexity index is 997. The smallest absolute Gasteiger partial charge is 0.204 e. The lowest BCUT2D eigenvalue weighted by Crippen LogP contribution is -2.09. The summed E-state index contributed by atoms with van der Waals surface area (Å²) in [5, 5.41) is 9.83. The van der Waals surface area contributed by atoms with Crippen molar-refractivity contribution in [2.75, 3.05) is 0 Å². The number of carbonyl (C=O) groups excluding carboxylic acids is 1. The molecule has 0 aromatic heterocycles. The van der Waals surface area contributed by atoms with Gasteiger partial charge in [0.2, 0.25) is 5.78 Å². The first kappa shape index (κ1) is 15.4. The Labute approximate surface area is 150 Å². The molecule has 2 nitrogen and oxygen atoms in total. The fourth-order valence-electron chi connectivity index (χ4n) is 3.01. The molecule has 1 aliphatic rings. The Hall–Kier alpha value is -3.09. The van der Waals surface area contributed by atoms with E-state index in [4.69, 9.17) is 0 Å². The van der Waals surface area contributed by atoms with Gasteiger partial charge in [0.05, 0.1) is 0 Å². The van der Waals surface area contributed by atoms with Gasteiger partial charge in [-0.05, 0) is 23.3 Å². The molecule has 25 heavy (non-hydrogen) atoms. The van der Waals surface area contributed by atoms with Gasteiger partial charge in [-0.2, -0.15) is 5.26 Å². The van der Waals surface area contributed by atoms with Crippen molar-refractivity contribution in [1.82, 2.24) is 0 Å². The fraction of sp³-hybridized carbons (Fsp3) is 0. The number of benzene rings is 3. The van der Waals surface area contributed by atoms with Crippen molar-refractivity contribution in [3.8, 4) is 6.07 Å². The van der Waals surface area contributed by atoms with Crippen molar-refractivity contribution in [2.45, 2.75) is 9.79 Å². The topological polar surface area (TPSA) is 40.9 Å². The van der Waals surface area contributed by atoms with E-state index in [0.29, 0.717) is 5.56 Å². The molecule has 0 N–H and O–H groups in total. The van der Waals surface area contributed by atoms with Gasteiger partial charge in [0, 0.05) is 20.9 Å². The number of rotatable bonds is 2. The van der Waals surface area contributed by atoms with Gasteiger partial charge < -0.3 is 0 Å². The van der Waals surface area contributed by atoms with Crippen LogP contribution in [0.5, 0.6) is 0 Å². The number of nitrogens with zero attached hydrogens (tertiary/aromatic N) is 1. The largest absolute Gasteiger partial charge is 0.288 e. The molecular formula is C22H13NOS. The van der Waals surface area contributed by atoms with E-state index in [1.54, 1.807) is 23.9 Å². The molecular weight excluding hydrogens is 326 g/mol. The highest BCUT2D eigenvalue weighted by Crippen LogP contribution is 2.46. The van der Waals surface area contributed by atoms with Crippen LogP contribution in [0.2, 0.25) is 0 Å². The van der Waals surface area contributed by atoms with Crippen LogP contribution in [-0.2, 0) is 0 Å². The normalized spacial score (nSPS) is 11.9. The zero-order valence-electron chi connectivity index (χ0n) is 13.3. The third-order valence-corrected chi connectivity index (χ3v) is 5.31. The van der Waals surface area contributed by atoms with Crippen LogP contribution < -0.4 is 0 Å². The summed E-state index contributed by atoms with van der Waals surface area (Å²) in [6.07, 6.45) is 0. The third kappa shape index (κ3) is 2.67. The SMILES string of the molecule is N#CC(C(=O)c1ccccc1)=C1c2ccccc2Sc2ccccc21. The second-order valence-corrected chi connectivity index (χ2v) is 6.74. The minimum Gasteiger partial charge on any atom is -0.288 e. The highest BCUT2D eigenvalue weighted by Gasteiger charge is 2.26. The summed E-state index contributed by atoms with van der Waals surface area (Å²) in [7, 11) is 0. The van der Waals surface area contributed by atoms with Crippen molar-refractivity contribution in [3.05, 3.63) is 101 Å². The van der Waals surface area contributed by atoms with Gasteiger partial charge in [-0.3, -0.25) is 4.79 Å². The van der Waals surface area contributed by atoms with Crippen LogP contribution in [0, 0.1) is 11.3 Å². The Morgan fingerprint density at radius 2 is 1.28 bits per heavy atom. The molecule has 0 atom stereocenters. The minimum atomic E-state index is -0.241. The Balaban J connectivity index is 2.01. The molecule has 0 spiro atoms. The summed E-state index contributed by atoms with van der Waals surface area (Å²) in [4.78, 5) is 15.1. The standard InChI is InChI=1S/C22H13NOS/c23-14-18(22(24)15-8-2-1-3-9-15)21-16-10-4-6-12-19(16)25-20-13-7-5-11-17(20)21/h1-13H. The molecule has 3 aromatic rings. The average molecular weight is 339 g/mol. The van der Waals surface area contributed by atoms with Gasteiger partial charge in [0.15, 0.2) is 0 Å². The molecule has 1 aliphatic heterocycles. The van der Waals surface area contributed by atoms with Crippen LogP contribution in [0.1, 0.15) is 21.5 Å². The van der Waals surface area contributed by atoms with Gasteiger partial charge in [-0.25, -0.2) is 0 Å². The maximum atomic E-state index is 13.0. The first-order valence-electron chi connectivity index (χ1n) is 7.90. The molecule has 0 bridgehead atoms. The van der Waals surface area contributed by atoms with Crippen LogP contribution in [0.4, 0.5) is 0 Å². The quantitative estimate of drug-likeness (QED) is 0.280. The molecule has 0 amide bonds. The van der Waals surface area contributed by atoms with Gasteiger partial charge in [0.25, 0.3) is 0 Å². The highest BCUT2D eigenvalue weighted by molar-refractivity contribution is 7.99. The van der Waals surface area contributed by atoms with Gasteiger partial charge in [0.1, 0.15) is 11.6 Å². The molecule has 4 rings (SSSR count). The van der Waals surface area contributed by atoms with E-state index in [2.05, 4.69) is 6.07 Å². The van der Waals surface area contributed by atoms with E-state index in [1.807, 2.05) is 66.7 Å². The van der Waals surface area contributed by atoms with Crippen LogP contribution in [0.3, 0.4) is 0 Å². The van der Waals surface area contributed by atoms with E-state index in [-0.39, 0.29) is 11.4 Å². The molecule has 118 valence electrons. The van der Waals surface area contributed by atoms with Crippen molar-refractivity contribution < 1.29 is 4.79 Å². The molecule has 0 fully saturated rings. The van der Waals surface area contributed by atoms with Gasteiger partial charge in [-0.1, -0.05) is 78.5 Å². The lowest BCUT2D eigenvalue weighted by molar-refractivity contribution is 0.103.